The van der Waals surface area contributed by atoms with Crippen LogP contribution in [0.15, 0.2) is 0 Å². The number of ether oxygens (including phenoxy) is 1. The van der Waals surface area contributed by atoms with Gasteiger partial charge >= 0.3 is 0 Å². The average molecular weight is 227 g/mol. The summed E-state index contributed by atoms with van der Waals surface area (Å²) in [4.78, 5) is 0. The maximum atomic E-state index is 10.6. The first-order valence-electron chi connectivity index (χ1n) is 4.51. The van der Waals surface area contributed by atoms with E-state index in [0.29, 0.717) is 5.92 Å². The molecule has 0 saturated heterocycles. The molecule has 1 saturated carbocycles. The lowest BCUT2D eigenvalue weighted by molar-refractivity contribution is 0.0674. The molecule has 0 aromatic heterocycles. The van der Waals surface area contributed by atoms with Crippen molar-refractivity contribution in [3.05, 3.63) is 0 Å². The summed E-state index contributed by atoms with van der Waals surface area (Å²) < 4.78 is 26.5. The van der Waals surface area contributed by atoms with Crippen LogP contribution in [-0.4, -0.2) is 26.9 Å². The molecule has 0 aromatic rings. The molecule has 1 aliphatic rings. The third-order valence-corrected chi connectivity index (χ3v) is 3.44. The maximum absolute atomic E-state index is 10.6. The van der Waals surface area contributed by atoms with Gasteiger partial charge in [0.25, 0.3) is 0 Å². The number of rotatable bonds is 4. The third kappa shape index (κ3) is 4.84. The lowest BCUT2D eigenvalue weighted by Gasteiger charge is -2.09. The highest BCUT2D eigenvalue weighted by atomic mass is 35.7. The fourth-order valence-corrected chi connectivity index (χ4v) is 2.10. The van der Waals surface area contributed by atoms with Crippen LogP contribution in [0.1, 0.15) is 26.2 Å². The van der Waals surface area contributed by atoms with Crippen molar-refractivity contribution in [2.75, 3.05) is 12.4 Å². The van der Waals surface area contributed by atoms with Crippen LogP contribution in [0.2, 0.25) is 0 Å². The molecule has 0 aliphatic heterocycles. The first-order chi connectivity index (χ1) is 5.97. The van der Waals surface area contributed by atoms with Crippen LogP contribution in [-0.2, 0) is 13.8 Å². The van der Waals surface area contributed by atoms with E-state index in [2.05, 4.69) is 6.92 Å². The molecule has 1 rings (SSSR count). The van der Waals surface area contributed by atoms with Gasteiger partial charge in [0.05, 0.1) is 18.5 Å². The molecule has 0 radical (unpaired) electrons. The normalized spacial score (nSPS) is 29.4. The van der Waals surface area contributed by atoms with Crippen molar-refractivity contribution in [3.63, 3.8) is 0 Å². The van der Waals surface area contributed by atoms with Crippen LogP contribution in [0, 0.1) is 5.92 Å². The van der Waals surface area contributed by atoms with Gasteiger partial charge in [-0.2, -0.15) is 0 Å². The van der Waals surface area contributed by atoms with Crippen LogP contribution >= 0.6 is 10.7 Å². The van der Waals surface area contributed by atoms with Crippen LogP contribution in [0.4, 0.5) is 0 Å². The van der Waals surface area contributed by atoms with Crippen LogP contribution in [0.25, 0.3) is 0 Å². The van der Waals surface area contributed by atoms with Crippen molar-refractivity contribution < 1.29 is 13.2 Å². The monoisotopic (exact) mass is 226 g/mol. The molecular weight excluding hydrogens is 212 g/mol. The van der Waals surface area contributed by atoms with Gasteiger partial charge < -0.3 is 4.74 Å². The molecule has 13 heavy (non-hydrogen) atoms. The molecule has 0 N–H and O–H groups in total. The van der Waals surface area contributed by atoms with Gasteiger partial charge in [-0.1, -0.05) is 6.92 Å². The molecule has 5 heteroatoms. The largest absolute Gasteiger partial charge is 0.377 e. The Kier molecular flexibility index (Phi) is 4.01. The topological polar surface area (TPSA) is 43.4 Å². The summed E-state index contributed by atoms with van der Waals surface area (Å²) in [6.07, 6.45) is 3.51. The van der Waals surface area contributed by atoms with E-state index in [-0.39, 0.29) is 18.5 Å². The minimum Gasteiger partial charge on any atom is -0.377 e. The predicted octanol–water partition coefficient (Wildman–Crippen LogP) is 1.76. The third-order valence-electron chi connectivity index (χ3n) is 2.33. The van der Waals surface area contributed by atoms with E-state index in [9.17, 15) is 8.42 Å². The Labute approximate surface area is 83.8 Å². The van der Waals surface area contributed by atoms with Crippen LogP contribution < -0.4 is 0 Å². The highest BCUT2D eigenvalue weighted by Crippen LogP contribution is 2.26. The molecule has 0 heterocycles. The predicted molar refractivity (Wildman–Crippen MR) is 52.4 cm³/mol. The smallest absolute Gasteiger partial charge is 0.234 e. The molecule has 3 nitrogen and oxygen atoms in total. The van der Waals surface area contributed by atoms with Gasteiger partial charge in [-0.25, -0.2) is 8.42 Å². The van der Waals surface area contributed by atoms with Crippen LogP contribution in [0.5, 0.6) is 0 Å². The van der Waals surface area contributed by atoms with Crippen molar-refractivity contribution in [1.29, 1.82) is 0 Å². The Morgan fingerprint density at radius 3 is 2.62 bits per heavy atom. The van der Waals surface area contributed by atoms with Gasteiger partial charge in [-0.05, 0) is 25.2 Å². The van der Waals surface area contributed by atoms with E-state index in [1.54, 1.807) is 0 Å². The van der Waals surface area contributed by atoms with Gasteiger partial charge in [-0.15, -0.1) is 0 Å². The zero-order valence-electron chi connectivity index (χ0n) is 7.70. The molecule has 0 amide bonds. The molecule has 0 spiro atoms. The SMILES string of the molecule is CC1CCC(OCCS(=O)(=O)Cl)C1. The number of hydrogen-bond donors (Lipinski definition) is 0. The van der Waals surface area contributed by atoms with Crippen molar-refractivity contribution in [2.24, 2.45) is 5.92 Å². The first-order valence-corrected chi connectivity index (χ1v) is 6.99. The van der Waals surface area contributed by atoms with E-state index in [1.165, 1.54) is 6.42 Å². The Hall–Kier alpha value is 0.200. The van der Waals surface area contributed by atoms with Gasteiger partial charge in [0.15, 0.2) is 0 Å². The summed E-state index contributed by atoms with van der Waals surface area (Å²) in [7, 11) is 1.66. The Morgan fingerprint density at radius 2 is 2.15 bits per heavy atom. The van der Waals surface area contributed by atoms with E-state index < -0.39 is 9.05 Å². The molecular formula is C8H15ClO3S. The quantitative estimate of drug-likeness (QED) is 0.687. The van der Waals surface area contributed by atoms with Crippen LogP contribution in [0.3, 0.4) is 0 Å². The van der Waals surface area contributed by atoms with Crippen molar-refractivity contribution >= 4 is 19.7 Å². The molecule has 2 unspecified atom stereocenters. The Bertz CT molecular complexity index is 250. The summed E-state index contributed by atoms with van der Waals surface area (Å²) in [5, 5.41) is 0. The van der Waals surface area contributed by atoms with Gasteiger partial charge in [0.1, 0.15) is 0 Å². The van der Waals surface area contributed by atoms with Crippen molar-refractivity contribution in [1.82, 2.24) is 0 Å². The number of hydrogen-bond acceptors (Lipinski definition) is 3. The van der Waals surface area contributed by atoms with E-state index in [1.807, 2.05) is 0 Å². The van der Waals surface area contributed by atoms with Gasteiger partial charge in [0, 0.05) is 10.7 Å². The van der Waals surface area contributed by atoms with E-state index in [0.717, 1.165) is 12.8 Å². The fourth-order valence-electron chi connectivity index (χ4n) is 1.62. The molecule has 1 aliphatic carbocycles. The van der Waals surface area contributed by atoms with Crippen molar-refractivity contribution in [3.8, 4) is 0 Å². The average Bonchev–Trinajstić information content (AvgIpc) is 2.33. The standard InChI is InChI=1S/C8H15ClO3S/c1-7-2-3-8(6-7)12-4-5-13(9,10)11/h7-8H,2-6H2,1H3. The molecule has 2 atom stereocenters. The summed E-state index contributed by atoms with van der Waals surface area (Å²) in [5.41, 5.74) is 0. The second-order valence-electron chi connectivity index (χ2n) is 3.65. The van der Waals surface area contributed by atoms with Gasteiger partial charge in [0.2, 0.25) is 9.05 Å². The lowest BCUT2D eigenvalue weighted by Crippen LogP contribution is -2.14. The summed E-state index contributed by atoms with van der Waals surface area (Å²) >= 11 is 0. The Morgan fingerprint density at radius 1 is 1.46 bits per heavy atom. The summed E-state index contributed by atoms with van der Waals surface area (Å²) in [6, 6.07) is 0. The summed E-state index contributed by atoms with van der Waals surface area (Å²) in [5.74, 6) is 0.622. The Balaban J connectivity index is 2.14. The van der Waals surface area contributed by atoms with E-state index in [4.69, 9.17) is 15.4 Å². The molecule has 78 valence electrons. The zero-order valence-corrected chi connectivity index (χ0v) is 9.27. The minimum absolute atomic E-state index is 0.0839. The minimum atomic E-state index is -3.38. The zero-order chi connectivity index (χ0) is 9.90. The second kappa shape index (κ2) is 4.62. The second-order valence-corrected chi connectivity index (χ2v) is 6.55. The maximum Gasteiger partial charge on any atom is 0.234 e. The van der Waals surface area contributed by atoms with E-state index >= 15 is 0 Å². The molecule has 0 aromatic carbocycles. The van der Waals surface area contributed by atoms with Crippen molar-refractivity contribution in [2.45, 2.75) is 32.3 Å². The highest BCUT2D eigenvalue weighted by Gasteiger charge is 2.21. The van der Waals surface area contributed by atoms with Gasteiger partial charge in [-0.3, -0.25) is 0 Å². The summed E-state index contributed by atoms with van der Waals surface area (Å²) in [6.45, 7) is 2.41. The lowest BCUT2D eigenvalue weighted by atomic mass is 10.1. The first kappa shape index (κ1) is 11.3. The fraction of sp³-hybridized carbons (Fsp3) is 1.00. The number of halogens is 1. The molecule has 1 fully saturated rings. The molecule has 0 bridgehead atoms. The highest BCUT2D eigenvalue weighted by molar-refractivity contribution is 8.13.